The van der Waals surface area contributed by atoms with Crippen molar-refractivity contribution in [3.8, 4) is 0 Å². The summed E-state index contributed by atoms with van der Waals surface area (Å²) in [6.07, 6.45) is 2.44. The molecule has 0 bridgehead atoms. The maximum atomic E-state index is 5.98. The molecule has 1 heterocycles. The Morgan fingerprint density at radius 3 is 2.22 bits per heavy atom. The van der Waals surface area contributed by atoms with E-state index >= 15 is 0 Å². The predicted octanol–water partition coefficient (Wildman–Crippen LogP) is 3.46. The second-order valence-corrected chi connectivity index (χ2v) is 5.90. The van der Waals surface area contributed by atoms with Crippen molar-refractivity contribution in [3.63, 3.8) is 0 Å². The van der Waals surface area contributed by atoms with Gasteiger partial charge in [0.2, 0.25) is 0 Å². The van der Waals surface area contributed by atoms with E-state index in [0.29, 0.717) is 18.0 Å². The number of likely N-dealkylation sites (tertiary alicyclic amines) is 1. The zero-order valence-corrected chi connectivity index (χ0v) is 12.0. The van der Waals surface area contributed by atoms with Crippen LogP contribution < -0.4 is 5.73 Å². The van der Waals surface area contributed by atoms with Crippen molar-refractivity contribution in [2.24, 2.45) is 11.7 Å². The third-order valence-electron chi connectivity index (χ3n) is 4.22. The first kappa shape index (κ1) is 13.9. The minimum Gasteiger partial charge on any atom is -0.328 e. The fraction of sp³-hybridized carbons (Fsp3) is 0.600. The Bertz CT molecular complexity index is 367. The molecule has 3 heteroatoms. The predicted molar refractivity (Wildman–Crippen MR) is 77.8 cm³/mol. The van der Waals surface area contributed by atoms with Crippen LogP contribution >= 0.6 is 11.6 Å². The largest absolute Gasteiger partial charge is 0.328 e. The normalized spacial score (nSPS) is 21.8. The van der Waals surface area contributed by atoms with E-state index in [9.17, 15) is 0 Å². The minimum atomic E-state index is 0.331. The molecule has 1 aromatic rings. The molecule has 2 unspecified atom stereocenters. The number of piperidine rings is 1. The van der Waals surface area contributed by atoms with Crippen molar-refractivity contribution in [1.82, 2.24) is 4.90 Å². The Morgan fingerprint density at radius 2 is 1.72 bits per heavy atom. The van der Waals surface area contributed by atoms with Gasteiger partial charge in [-0.3, -0.25) is 4.90 Å². The Morgan fingerprint density at radius 1 is 1.17 bits per heavy atom. The highest BCUT2D eigenvalue weighted by molar-refractivity contribution is 6.30. The van der Waals surface area contributed by atoms with Crippen LogP contribution in [0.3, 0.4) is 0 Å². The molecule has 2 N–H and O–H groups in total. The lowest BCUT2D eigenvalue weighted by Crippen LogP contribution is -2.40. The van der Waals surface area contributed by atoms with E-state index in [0.717, 1.165) is 18.1 Å². The van der Waals surface area contributed by atoms with Crippen LogP contribution in [0.2, 0.25) is 5.02 Å². The fourth-order valence-corrected chi connectivity index (χ4v) is 2.91. The van der Waals surface area contributed by atoms with Crippen molar-refractivity contribution < 1.29 is 0 Å². The average Bonchev–Trinajstić information content (AvgIpc) is 2.39. The van der Waals surface area contributed by atoms with Gasteiger partial charge in [-0.15, -0.1) is 0 Å². The number of benzene rings is 1. The summed E-state index contributed by atoms with van der Waals surface area (Å²) in [6, 6.07) is 9.01. The van der Waals surface area contributed by atoms with Gasteiger partial charge in [-0.05, 0) is 63.4 Å². The lowest BCUT2D eigenvalue weighted by atomic mass is 9.90. The number of nitrogens with zero attached hydrogens (tertiary/aromatic N) is 1. The number of rotatable bonds is 3. The molecule has 1 saturated heterocycles. The molecule has 0 aliphatic carbocycles. The number of hydrogen-bond acceptors (Lipinski definition) is 2. The SMILES string of the molecule is CC(N)C1CCN(C(C)c2ccc(Cl)cc2)CC1. The summed E-state index contributed by atoms with van der Waals surface area (Å²) in [5, 5.41) is 0.807. The van der Waals surface area contributed by atoms with E-state index in [1.54, 1.807) is 0 Å². The molecule has 2 rings (SSSR count). The van der Waals surface area contributed by atoms with Gasteiger partial charge < -0.3 is 5.73 Å². The number of nitrogens with two attached hydrogens (primary N) is 1. The standard InChI is InChI=1S/C15H23ClN2/c1-11(17)13-7-9-18(10-8-13)12(2)14-3-5-15(16)6-4-14/h3-6,11-13H,7-10,17H2,1-2H3. The first-order valence-corrected chi connectivity index (χ1v) is 7.21. The second-order valence-electron chi connectivity index (χ2n) is 5.46. The summed E-state index contributed by atoms with van der Waals surface area (Å²) in [7, 11) is 0. The molecule has 0 aromatic heterocycles. The van der Waals surface area contributed by atoms with Gasteiger partial charge in [0, 0.05) is 17.1 Å². The van der Waals surface area contributed by atoms with E-state index in [1.807, 2.05) is 12.1 Å². The highest BCUT2D eigenvalue weighted by Gasteiger charge is 2.25. The van der Waals surface area contributed by atoms with E-state index in [2.05, 4.69) is 30.9 Å². The highest BCUT2D eigenvalue weighted by Crippen LogP contribution is 2.28. The summed E-state index contributed by atoms with van der Waals surface area (Å²) in [5.41, 5.74) is 7.33. The molecule has 0 spiro atoms. The fourth-order valence-electron chi connectivity index (χ4n) is 2.78. The smallest absolute Gasteiger partial charge is 0.0406 e. The molecular formula is C15H23ClN2. The molecule has 2 nitrogen and oxygen atoms in total. The van der Waals surface area contributed by atoms with Crippen molar-refractivity contribution in [3.05, 3.63) is 34.9 Å². The lowest BCUT2D eigenvalue weighted by molar-refractivity contribution is 0.132. The van der Waals surface area contributed by atoms with Gasteiger partial charge >= 0.3 is 0 Å². The zero-order valence-electron chi connectivity index (χ0n) is 11.3. The van der Waals surface area contributed by atoms with Gasteiger partial charge in [0.1, 0.15) is 0 Å². The topological polar surface area (TPSA) is 29.3 Å². The Balaban J connectivity index is 1.95. The molecule has 1 aromatic carbocycles. The number of hydrogen-bond donors (Lipinski definition) is 1. The Hall–Kier alpha value is -0.570. The quantitative estimate of drug-likeness (QED) is 0.908. The van der Waals surface area contributed by atoms with E-state index in [-0.39, 0.29) is 0 Å². The zero-order chi connectivity index (χ0) is 13.1. The summed E-state index contributed by atoms with van der Waals surface area (Å²) in [5.74, 6) is 0.693. The molecule has 1 aliphatic rings. The lowest BCUT2D eigenvalue weighted by Gasteiger charge is -2.37. The summed E-state index contributed by atoms with van der Waals surface area (Å²) < 4.78 is 0. The third kappa shape index (κ3) is 3.25. The molecule has 1 aliphatic heterocycles. The van der Waals surface area contributed by atoms with E-state index in [4.69, 9.17) is 17.3 Å². The summed E-state index contributed by atoms with van der Waals surface area (Å²) >= 11 is 5.93. The first-order chi connectivity index (χ1) is 8.58. The molecule has 18 heavy (non-hydrogen) atoms. The molecule has 0 saturated carbocycles. The first-order valence-electron chi connectivity index (χ1n) is 6.83. The molecule has 0 radical (unpaired) electrons. The average molecular weight is 267 g/mol. The highest BCUT2D eigenvalue weighted by atomic mass is 35.5. The Labute approximate surface area is 115 Å². The van der Waals surface area contributed by atoms with Crippen LogP contribution in [0.25, 0.3) is 0 Å². The molecule has 100 valence electrons. The van der Waals surface area contributed by atoms with Crippen LogP contribution in [0, 0.1) is 5.92 Å². The van der Waals surface area contributed by atoms with Gasteiger partial charge in [0.15, 0.2) is 0 Å². The van der Waals surface area contributed by atoms with Crippen molar-refractivity contribution >= 4 is 11.6 Å². The van der Waals surface area contributed by atoms with Crippen molar-refractivity contribution in [2.75, 3.05) is 13.1 Å². The van der Waals surface area contributed by atoms with E-state index < -0.39 is 0 Å². The molecular weight excluding hydrogens is 244 g/mol. The van der Waals surface area contributed by atoms with Gasteiger partial charge in [-0.25, -0.2) is 0 Å². The number of halogens is 1. The maximum absolute atomic E-state index is 5.98. The van der Waals surface area contributed by atoms with E-state index in [1.165, 1.54) is 18.4 Å². The van der Waals surface area contributed by atoms with Gasteiger partial charge in [-0.2, -0.15) is 0 Å². The van der Waals surface area contributed by atoms with Crippen LogP contribution in [0.5, 0.6) is 0 Å². The van der Waals surface area contributed by atoms with Gasteiger partial charge in [-0.1, -0.05) is 23.7 Å². The van der Waals surface area contributed by atoms with Crippen molar-refractivity contribution in [1.29, 1.82) is 0 Å². The molecule has 2 atom stereocenters. The van der Waals surface area contributed by atoms with Crippen LogP contribution in [0.4, 0.5) is 0 Å². The maximum Gasteiger partial charge on any atom is 0.0406 e. The minimum absolute atomic E-state index is 0.331. The monoisotopic (exact) mass is 266 g/mol. The van der Waals surface area contributed by atoms with Crippen molar-refractivity contribution in [2.45, 2.75) is 38.8 Å². The second kappa shape index (κ2) is 6.05. The Kier molecular flexibility index (Phi) is 4.66. The van der Waals surface area contributed by atoms with Crippen LogP contribution in [0.15, 0.2) is 24.3 Å². The van der Waals surface area contributed by atoms with Crippen LogP contribution in [-0.4, -0.2) is 24.0 Å². The van der Waals surface area contributed by atoms with Crippen LogP contribution in [-0.2, 0) is 0 Å². The van der Waals surface area contributed by atoms with Gasteiger partial charge in [0.05, 0.1) is 0 Å². The molecule has 1 fully saturated rings. The van der Waals surface area contributed by atoms with Crippen LogP contribution in [0.1, 0.15) is 38.3 Å². The molecule has 0 amide bonds. The summed E-state index contributed by atoms with van der Waals surface area (Å²) in [6.45, 7) is 6.70. The third-order valence-corrected chi connectivity index (χ3v) is 4.47. The summed E-state index contributed by atoms with van der Waals surface area (Å²) in [4.78, 5) is 2.54. The van der Waals surface area contributed by atoms with Gasteiger partial charge in [0.25, 0.3) is 0 Å².